The minimum absolute atomic E-state index is 0.0748. The maximum absolute atomic E-state index is 11.3. The summed E-state index contributed by atoms with van der Waals surface area (Å²) in [5, 5.41) is 2.21. The van der Waals surface area contributed by atoms with E-state index >= 15 is 0 Å². The summed E-state index contributed by atoms with van der Waals surface area (Å²) in [6, 6.07) is 1.41. The standard InChI is InChI=1S/C9H9N3O2/c1-6-2-3-10-4-7(6)12-5-8(13)11-9(12)14/h2-4H,5H2,1H3,(H,11,13,14). The third kappa shape index (κ3) is 1.32. The first-order valence-corrected chi connectivity index (χ1v) is 4.20. The second-order valence-corrected chi connectivity index (χ2v) is 3.10. The zero-order valence-electron chi connectivity index (χ0n) is 7.65. The average Bonchev–Trinajstić information content (AvgIpc) is 2.46. The Kier molecular flexibility index (Phi) is 1.92. The molecule has 1 aromatic heterocycles. The molecule has 3 amide bonds. The fourth-order valence-electron chi connectivity index (χ4n) is 1.37. The lowest BCUT2D eigenvalue weighted by atomic mass is 10.2. The highest BCUT2D eigenvalue weighted by atomic mass is 16.2. The maximum atomic E-state index is 11.3. The van der Waals surface area contributed by atoms with Crippen LogP contribution in [0.5, 0.6) is 0 Å². The van der Waals surface area contributed by atoms with Gasteiger partial charge in [0.2, 0.25) is 5.91 Å². The number of urea groups is 1. The van der Waals surface area contributed by atoms with Crippen LogP contribution in [0.2, 0.25) is 0 Å². The topological polar surface area (TPSA) is 62.3 Å². The fraction of sp³-hybridized carbons (Fsp3) is 0.222. The lowest BCUT2D eigenvalue weighted by Crippen LogP contribution is -2.28. The van der Waals surface area contributed by atoms with Crippen LogP contribution in [0.3, 0.4) is 0 Å². The van der Waals surface area contributed by atoms with E-state index in [1.165, 1.54) is 4.90 Å². The van der Waals surface area contributed by atoms with E-state index in [1.807, 2.05) is 6.92 Å². The van der Waals surface area contributed by atoms with E-state index in [9.17, 15) is 9.59 Å². The molecule has 1 aliphatic rings. The van der Waals surface area contributed by atoms with Gasteiger partial charge >= 0.3 is 6.03 Å². The minimum atomic E-state index is -0.383. The first-order valence-electron chi connectivity index (χ1n) is 4.20. The number of aryl methyl sites for hydroxylation is 1. The van der Waals surface area contributed by atoms with Gasteiger partial charge in [-0.15, -0.1) is 0 Å². The second kappa shape index (κ2) is 3.10. The molecule has 0 bridgehead atoms. The molecule has 72 valence electrons. The molecular formula is C9H9N3O2. The molecule has 2 rings (SSSR count). The van der Waals surface area contributed by atoms with Gasteiger partial charge in [0.25, 0.3) is 0 Å². The smallest absolute Gasteiger partial charge is 0.283 e. The molecule has 0 aliphatic carbocycles. The number of carbonyl (C=O) groups excluding carboxylic acids is 2. The molecule has 1 aliphatic heterocycles. The van der Waals surface area contributed by atoms with Crippen molar-refractivity contribution in [3.8, 4) is 0 Å². The van der Waals surface area contributed by atoms with Crippen molar-refractivity contribution in [2.24, 2.45) is 0 Å². The fourth-order valence-corrected chi connectivity index (χ4v) is 1.37. The molecule has 0 spiro atoms. The summed E-state index contributed by atoms with van der Waals surface area (Å²) in [5.41, 5.74) is 1.60. The van der Waals surface area contributed by atoms with E-state index in [4.69, 9.17) is 0 Å². The van der Waals surface area contributed by atoms with Crippen molar-refractivity contribution in [1.82, 2.24) is 10.3 Å². The van der Waals surface area contributed by atoms with Gasteiger partial charge < -0.3 is 0 Å². The SMILES string of the molecule is Cc1ccncc1N1CC(=O)NC1=O. The Bertz CT molecular complexity index is 403. The van der Waals surface area contributed by atoms with E-state index < -0.39 is 0 Å². The van der Waals surface area contributed by atoms with Gasteiger partial charge in [-0.3, -0.25) is 20.0 Å². The minimum Gasteiger partial charge on any atom is -0.283 e. The van der Waals surface area contributed by atoms with Crippen LogP contribution < -0.4 is 10.2 Å². The van der Waals surface area contributed by atoms with Crippen molar-refractivity contribution in [3.05, 3.63) is 24.0 Å². The van der Waals surface area contributed by atoms with Crippen LogP contribution in [0.1, 0.15) is 5.56 Å². The molecule has 14 heavy (non-hydrogen) atoms. The van der Waals surface area contributed by atoms with Gasteiger partial charge in [-0.05, 0) is 18.6 Å². The van der Waals surface area contributed by atoms with E-state index in [0.29, 0.717) is 5.69 Å². The molecule has 1 aromatic rings. The zero-order chi connectivity index (χ0) is 10.1. The van der Waals surface area contributed by atoms with E-state index in [1.54, 1.807) is 18.5 Å². The number of anilines is 1. The monoisotopic (exact) mass is 191 g/mol. The average molecular weight is 191 g/mol. The van der Waals surface area contributed by atoms with Crippen molar-refractivity contribution in [2.75, 3.05) is 11.4 Å². The van der Waals surface area contributed by atoms with Gasteiger partial charge in [0, 0.05) is 6.20 Å². The lowest BCUT2D eigenvalue weighted by molar-refractivity contribution is -0.117. The molecule has 0 saturated carbocycles. The number of hydrogen-bond acceptors (Lipinski definition) is 3. The first kappa shape index (κ1) is 8.68. The van der Waals surface area contributed by atoms with Crippen molar-refractivity contribution in [1.29, 1.82) is 0 Å². The summed E-state index contributed by atoms with van der Waals surface area (Å²) in [6.07, 6.45) is 3.22. The number of nitrogens with one attached hydrogen (secondary N) is 1. The Hall–Kier alpha value is -1.91. The summed E-state index contributed by atoms with van der Waals surface area (Å²) in [6.45, 7) is 1.94. The molecule has 1 fully saturated rings. The van der Waals surface area contributed by atoms with Crippen LogP contribution in [0.4, 0.5) is 10.5 Å². The highest BCUT2D eigenvalue weighted by Gasteiger charge is 2.28. The summed E-state index contributed by atoms with van der Waals surface area (Å²) < 4.78 is 0. The molecule has 5 heteroatoms. The largest absolute Gasteiger partial charge is 0.329 e. The Labute approximate surface area is 80.7 Å². The molecule has 5 nitrogen and oxygen atoms in total. The summed E-state index contributed by atoms with van der Waals surface area (Å²) in [5.74, 6) is -0.279. The predicted molar refractivity (Wildman–Crippen MR) is 49.9 cm³/mol. The highest BCUT2D eigenvalue weighted by Crippen LogP contribution is 2.19. The maximum Gasteiger partial charge on any atom is 0.329 e. The molecule has 2 heterocycles. The summed E-state index contributed by atoms with van der Waals surface area (Å²) in [4.78, 5) is 27.6. The van der Waals surface area contributed by atoms with Crippen LogP contribution in [0, 0.1) is 6.92 Å². The number of hydrogen-bond donors (Lipinski definition) is 1. The van der Waals surface area contributed by atoms with Crippen molar-refractivity contribution < 1.29 is 9.59 Å². The van der Waals surface area contributed by atoms with Gasteiger partial charge in [0.05, 0.1) is 11.9 Å². The number of aromatic nitrogens is 1. The zero-order valence-corrected chi connectivity index (χ0v) is 7.65. The van der Waals surface area contributed by atoms with Gasteiger partial charge in [0.1, 0.15) is 6.54 Å². The van der Waals surface area contributed by atoms with E-state index in [-0.39, 0.29) is 18.5 Å². The van der Waals surface area contributed by atoms with Crippen LogP contribution in [-0.2, 0) is 4.79 Å². The second-order valence-electron chi connectivity index (χ2n) is 3.10. The number of rotatable bonds is 1. The summed E-state index contributed by atoms with van der Waals surface area (Å²) >= 11 is 0. The number of amides is 3. The van der Waals surface area contributed by atoms with Crippen molar-refractivity contribution in [2.45, 2.75) is 6.92 Å². The Morgan fingerprint density at radius 3 is 2.86 bits per heavy atom. The molecule has 1 saturated heterocycles. The van der Waals surface area contributed by atoms with Crippen molar-refractivity contribution in [3.63, 3.8) is 0 Å². The van der Waals surface area contributed by atoms with Crippen LogP contribution in [0.25, 0.3) is 0 Å². The molecule has 0 unspecified atom stereocenters. The summed E-state index contributed by atoms with van der Waals surface area (Å²) in [7, 11) is 0. The number of imide groups is 1. The predicted octanol–water partition coefficient (Wildman–Crippen LogP) is 0.446. The molecule has 0 aromatic carbocycles. The Morgan fingerprint density at radius 2 is 2.29 bits per heavy atom. The third-order valence-corrected chi connectivity index (χ3v) is 2.10. The van der Waals surface area contributed by atoms with Gasteiger partial charge in [0.15, 0.2) is 0 Å². The van der Waals surface area contributed by atoms with Crippen LogP contribution >= 0.6 is 0 Å². The lowest BCUT2D eigenvalue weighted by Gasteiger charge is -2.14. The van der Waals surface area contributed by atoms with Gasteiger partial charge in [-0.1, -0.05) is 0 Å². The number of pyridine rings is 1. The Balaban J connectivity index is 2.36. The van der Waals surface area contributed by atoms with E-state index in [0.717, 1.165) is 5.56 Å². The Morgan fingerprint density at radius 1 is 1.50 bits per heavy atom. The number of carbonyl (C=O) groups is 2. The normalized spacial score (nSPS) is 15.9. The quantitative estimate of drug-likeness (QED) is 0.655. The molecule has 0 radical (unpaired) electrons. The third-order valence-electron chi connectivity index (χ3n) is 2.10. The van der Waals surface area contributed by atoms with Crippen LogP contribution in [-0.4, -0.2) is 23.5 Å². The molecule has 1 N–H and O–H groups in total. The molecular weight excluding hydrogens is 182 g/mol. The first-order chi connectivity index (χ1) is 6.68. The molecule has 0 atom stereocenters. The number of nitrogens with zero attached hydrogens (tertiary/aromatic N) is 2. The van der Waals surface area contributed by atoms with Gasteiger partial charge in [-0.2, -0.15) is 0 Å². The van der Waals surface area contributed by atoms with E-state index in [2.05, 4.69) is 10.3 Å². The highest BCUT2D eigenvalue weighted by molar-refractivity contribution is 6.12. The van der Waals surface area contributed by atoms with Gasteiger partial charge in [-0.25, -0.2) is 4.79 Å². The van der Waals surface area contributed by atoms with Crippen molar-refractivity contribution >= 4 is 17.6 Å². The van der Waals surface area contributed by atoms with Crippen LogP contribution in [0.15, 0.2) is 18.5 Å².